The zero-order chi connectivity index (χ0) is 21.8. The van der Waals surface area contributed by atoms with Gasteiger partial charge in [0.1, 0.15) is 16.8 Å². The van der Waals surface area contributed by atoms with E-state index in [1.165, 1.54) is 0 Å². The highest BCUT2D eigenvalue weighted by Gasteiger charge is 2.25. The van der Waals surface area contributed by atoms with Crippen LogP contribution >= 0.6 is 0 Å². The number of nitrogens with one attached hydrogen (secondary N) is 1. The second-order valence-corrected chi connectivity index (χ2v) is 6.81. The summed E-state index contributed by atoms with van der Waals surface area (Å²) in [7, 11) is 0. The number of ether oxygens (including phenoxy) is 2. The van der Waals surface area contributed by atoms with E-state index >= 15 is 0 Å². The highest BCUT2D eigenvalue weighted by atomic mass is 16.7. The Morgan fingerprint density at radius 1 is 1.43 bits per heavy atom. The predicted octanol–water partition coefficient (Wildman–Crippen LogP) is 2.45. The maximum atomic E-state index is 12.4. The van der Waals surface area contributed by atoms with Crippen LogP contribution < -0.4 is 5.32 Å². The lowest BCUT2D eigenvalue weighted by molar-refractivity contribution is -0.402. The quantitative estimate of drug-likeness (QED) is 0.411. The van der Waals surface area contributed by atoms with E-state index in [0.29, 0.717) is 24.5 Å². The number of furan rings is 1. The van der Waals surface area contributed by atoms with Crippen LogP contribution in [-0.2, 0) is 20.8 Å². The lowest BCUT2D eigenvalue weighted by atomic mass is 10.2. The van der Waals surface area contributed by atoms with Crippen molar-refractivity contribution in [2.24, 2.45) is 0 Å². The van der Waals surface area contributed by atoms with Crippen LogP contribution in [0, 0.1) is 35.3 Å². The average molecular weight is 416 g/mol. The molecular formula is C19H20N4O7. The lowest BCUT2D eigenvalue weighted by Gasteiger charge is -2.16. The highest BCUT2D eigenvalue weighted by molar-refractivity contribution is 5.95. The lowest BCUT2D eigenvalue weighted by Crippen LogP contribution is -2.24. The molecule has 2 aromatic heterocycles. The summed E-state index contributed by atoms with van der Waals surface area (Å²) in [6, 6.07) is 4.20. The normalized spacial score (nSPS) is 15.6. The molecule has 1 atom stereocenters. The highest BCUT2D eigenvalue weighted by Crippen LogP contribution is 2.28. The molecule has 1 aliphatic rings. The van der Waals surface area contributed by atoms with Gasteiger partial charge in [-0.05, 0) is 38.3 Å². The summed E-state index contributed by atoms with van der Waals surface area (Å²) in [4.78, 5) is 34.1. The summed E-state index contributed by atoms with van der Waals surface area (Å²) < 4.78 is 17.1. The first kappa shape index (κ1) is 21.1. The minimum absolute atomic E-state index is 0.00901. The fourth-order valence-electron chi connectivity index (χ4n) is 3.26. The molecule has 0 spiro atoms. The van der Waals surface area contributed by atoms with E-state index in [9.17, 15) is 25.0 Å². The van der Waals surface area contributed by atoms with Gasteiger partial charge >= 0.3 is 11.9 Å². The molecule has 3 rings (SSSR count). The average Bonchev–Trinajstić information content (AvgIpc) is 3.44. The maximum absolute atomic E-state index is 12.4. The molecule has 0 bridgehead atoms. The molecule has 0 aromatic carbocycles. The van der Waals surface area contributed by atoms with Crippen LogP contribution in [0.2, 0.25) is 0 Å². The van der Waals surface area contributed by atoms with Crippen molar-refractivity contribution in [2.75, 3.05) is 18.5 Å². The van der Waals surface area contributed by atoms with Gasteiger partial charge in [-0.2, -0.15) is 5.26 Å². The molecule has 11 heteroatoms. The Hall–Kier alpha value is -3.65. The number of carbonyl (C=O) groups excluding carboxylic acids is 2. The van der Waals surface area contributed by atoms with E-state index in [4.69, 9.17) is 13.9 Å². The number of amides is 1. The van der Waals surface area contributed by atoms with Crippen molar-refractivity contribution in [3.8, 4) is 6.07 Å². The van der Waals surface area contributed by atoms with Crippen molar-refractivity contribution < 1.29 is 28.4 Å². The number of hydrogen-bond donors (Lipinski definition) is 1. The molecule has 0 saturated carbocycles. The fourth-order valence-corrected chi connectivity index (χ4v) is 3.26. The van der Waals surface area contributed by atoms with Gasteiger partial charge in [-0.1, -0.05) is 0 Å². The number of nitriles is 1. The topological polar surface area (TPSA) is 150 Å². The van der Waals surface area contributed by atoms with Crippen LogP contribution in [-0.4, -0.2) is 40.7 Å². The van der Waals surface area contributed by atoms with Gasteiger partial charge in [-0.3, -0.25) is 14.9 Å². The molecule has 1 N–H and O–H groups in total. The number of anilines is 1. The van der Waals surface area contributed by atoms with E-state index in [0.717, 1.165) is 36.2 Å². The summed E-state index contributed by atoms with van der Waals surface area (Å²) in [5, 5.41) is 22.8. The molecule has 158 valence electrons. The third-order valence-corrected chi connectivity index (χ3v) is 4.92. The van der Waals surface area contributed by atoms with E-state index < -0.39 is 29.3 Å². The van der Waals surface area contributed by atoms with Crippen LogP contribution in [0.25, 0.3) is 0 Å². The molecule has 1 unspecified atom stereocenters. The Morgan fingerprint density at radius 3 is 2.80 bits per heavy atom. The molecule has 1 amide bonds. The maximum Gasteiger partial charge on any atom is 0.433 e. The zero-order valence-corrected chi connectivity index (χ0v) is 16.5. The van der Waals surface area contributed by atoms with E-state index in [-0.39, 0.29) is 11.9 Å². The van der Waals surface area contributed by atoms with Crippen LogP contribution in [0.15, 0.2) is 16.5 Å². The van der Waals surface area contributed by atoms with E-state index in [1.807, 2.05) is 11.5 Å². The van der Waals surface area contributed by atoms with Crippen LogP contribution in [0.5, 0.6) is 0 Å². The summed E-state index contributed by atoms with van der Waals surface area (Å²) in [5.41, 5.74) is 1.90. The van der Waals surface area contributed by atoms with Gasteiger partial charge in [-0.15, -0.1) is 0 Å². The Morgan fingerprint density at radius 2 is 2.20 bits per heavy atom. The van der Waals surface area contributed by atoms with Gasteiger partial charge < -0.3 is 23.8 Å². The molecule has 2 aromatic rings. The Kier molecular flexibility index (Phi) is 6.17. The summed E-state index contributed by atoms with van der Waals surface area (Å²) >= 11 is 0. The Balaban J connectivity index is 1.69. The van der Waals surface area contributed by atoms with Gasteiger partial charge in [0, 0.05) is 12.3 Å². The van der Waals surface area contributed by atoms with Crippen LogP contribution in [0.1, 0.15) is 40.2 Å². The monoisotopic (exact) mass is 416 g/mol. The van der Waals surface area contributed by atoms with Gasteiger partial charge in [0.15, 0.2) is 6.61 Å². The Bertz CT molecular complexity index is 1020. The smallest absolute Gasteiger partial charge is 0.433 e. The second-order valence-electron chi connectivity index (χ2n) is 6.81. The SMILES string of the molecule is Cc1c(C#N)c(NC(=O)COC(=O)c2ccc([N+](=O)[O-])o2)n(CC2CCCO2)c1C. The first-order chi connectivity index (χ1) is 14.3. The molecule has 1 aliphatic heterocycles. The summed E-state index contributed by atoms with van der Waals surface area (Å²) in [6.45, 7) is 4.16. The van der Waals surface area contributed by atoms with Crippen molar-refractivity contribution >= 4 is 23.6 Å². The summed E-state index contributed by atoms with van der Waals surface area (Å²) in [5.74, 6) is -2.35. The van der Waals surface area contributed by atoms with E-state index in [1.54, 1.807) is 6.92 Å². The molecule has 11 nitrogen and oxygen atoms in total. The number of esters is 1. The molecule has 0 radical (unpaired) electrons. The number of carbonyl (C=O) groups is 2. The molecule has 30 heavy (non-hydrogen) atoms. The summed E-state index contributed by atoms with van der Waals surface area (Å²) in [6.07, 6.45) is 1.83. The molecule has 1 fully saturated rings. The molecule has 0 aliphatic carbocycles. The zero-order valence-electron chi connectivity index (χ0n) is 16.5. The van der Waals surface area contributed by atoms with Crippen LogP contribution in [0.3, 0.4) is 0 Å². The Labute approximate surface area is 171 Å². The number of rotatable bonds is 7. The minimum atomic E-state index is -1.01. The third-order valence-electron chi connectivity index (χ3n) is 4.92. The number of aromatic nitrogens is 1. The first-order valence-electron chi connectivity index (χ1n) is 9.24. The predicted molar refractivity (Wildman–Crippen MR) is 102 cm³/mol. The van der Waals surface area contributed by atoms with E-state index in [2.05, 4.69) is 11.4 Å². The molecule has 3 heterocycles. The standard InChI is InChI=1S/C19H20N4O7/c1-11-12(2)22(9-13-4-3-7-28-13)18(14(11)8-20)21-16(24)10-29-19(25)15-5-6-17(30-15)23(26)27/h5-6,13H,3-4,7,9-10H2,1-2H3,(H,21,24). The van der Waals surface area contributed by atoms with Gasteiger partial charge in [0.05, 0.1) is 24.3 Å². The number of nitro groups is 1. The second kappa shape index (κ2) is 8.79. The largest absolute Gasteiger partial charge is 0.450 e. The molecule has 1 saturated heterocycles. The van der Waals surface area contributed by atoms with Gasteiger partial charge in [0.2, 0.25) is 5.76 Å². The molecular weight excluding hydrogens is 396 g/mol. The van der Waals surface area contributed by atoms with Crippen molar-refractivity contribution in [1.29, 1.82) is 5.26 Å². The van der Waals surface area contributed by atoms with Crippen LogP contribution in [0.4, 0.5) is 11.7 Å². The number of nitrogens with zero attached hydrogens (tertiary/aromatic N) is 3. The van der Waals surface area contributed by atoms with Crippen molar-refractivity contribution in [3.05, 3.63) is 44.8 Å². The number of hydrogen-bond acceptors (Lipinski definition) is 8. The third kappa shape index (κ3) is 4.33. The van der Waals surface area contributed by atoms with Crippen molar-refractivity contribution in [2.45, 2.75) is 39.3 Å². The fraction of sp³-hybridized carbons (Fsp3) is 0.421. The van der Waals surface area contributed by atoms with Crippen molar-refractivity contribution in [1.82, 2.24) is 4.57 Å². The first-order valence-corrected chi connectivity index (χ1v) is 9.24. The minimum Gasteiger partial charge on any atom is -0.450 e. The van der Waals surface area contributed by atoms with Gasteiger partial charge in [0.25, 0.3) is 5.91 Å². The van der Waals surface area contributed by atoms with Gasteiger partial charge in [-0.25, -0.2) is 4.79 Å². The van der Waals surface area contributed by atoms with Crippen molar-refractivity contribution in [3.63, 3.8) is 0 Å².